The molecule has 3 heterocycles. The van der Waals surface area contributed by atoms with Crippen molar-refractivity contribution in [2.45, 2.75) is 19.6 Å². The van der Waals surface area contributed by atoms with Gasteiger partial charge in [-0.25, -0.2) is 9.67 Å². The summed E-state index contributed by atoms with van der Waals surface area (Å²) in [5.41, 5.74) is 11.4. The number of fused-ring (bicyclic) bond motifs is 1. The fourth-order valence-corrected chi connectivity index (χ4v) is 3.99. The van der Waals surface area contributed by atoms with Crippen LogP contribution in [-0.4, -0.2) is 31.5 Å². The standard InChI is InChI=1S/C27H25N5O2/c1-2-34-25-15-19(22-11-7-12-23(31-22)27(28)18-8-4-3-5-9-18)14-24-21(25)16-29-32(24)26-13-6-10-20(17-33)30-26/h3-16,27,33H,2,17,28H2,1H3. The largest absolute Gasteiger partial charge is 0.493 e. The maximum Gasteiger partial charge on any atom is 0.154 e. The third kappa shape index (κ3) is 4.14. The van der Waals surface area contributed by atoms with Crippen LogP contribution >= 0.6 is 0 Å². The molecule has 0 amide bonds. The number of aliphatic hydroxyl groups excluding tert-OH is 1. The molecule has 5 aromatic rings. The van der Waals surface area contributed by atoms with Crippen molar-refractivity contribution in [3.63, 3.8) is 0 Å². The molecule has 3 N–H and O–H groups in total. The molecule has 7 heteroatoms. The zero-order valence-corrected chi connectivity index (χ0v) is 18.8. The Morgan fingerprint density at radius 3 is 2.59 bits per heavy atom. The molecule has 34 heavy (non-hydrogen) atoms. The van der Waals surface area contributed by atoms with Crippen molar-refractivity contribution in [1.29, 1.82) is 0 Å². The van der Waals surface area contributed by atoms with Crippen LogP contribution in [0.4, 0.5) is 0 Å². The molecule has 3 aromatic heterocycles. The molecule has 7 nitrogen and oxygen atoms in total. The van der Waals surface area contributed by atoms with E-state index in [1.807, 2.05) is 79.7 Å². The van der Waals surface area contributed by atoms with Gasteiger partial charge in [0.1, 0.15) is 5.75 Å². The zero-order valence-electron chi connectivity index (χ0n) is 18.8. The highest BCUT2D eigenvalue weighted by atomic mass is 16.5. The molecule has 0 spiro atoms. The lowest BCUT2D eigenvalue weighted by molar-refractivity contribution is 0.276. The van der Waals surface area contributed by atoms with Crippen LogP contribution in [0, 0.1) is 0 Å². The molecular formula is C27H25N5O2. The van der Waals surface area contributed by atoms with Crippen molar-refractivity contribution in [2.75, 3.05) is 6.61 Å². The second kappa shape index (κ2) is 9.43. The number of benzene rings is 2. The van der Waals surface area contributed by atoms with Crippen molar-refractivity contribution >= 4 is 10.9 Å². The second-order valence-corrected chi connectivity index (χ2v) is 7.88. The summed E-state index contributed by atoms with van der Waals surface area (Å²) >= 11 is 0. The summed E-state index contributed by atoms with van der Waals surface area (Å²) in [7, 11) is 0. The average molecular weight is 452 g/mol. The van der Waals surface area contributed by atoms with Crippen LogP contribution in [0.15, 0.2) is 85.1 Å². The first-order chi connectivity index (χ1) is 16.7. The number of ether oxygens (including phenoxy) is 1. The normalized spacial score (nSPS) is 12.1. The van der Waals surface area contributed by atoms with Crippen LogP contribution in [0.25, 0.3) is 28.0 Å². The molecule has 0 fully saturated rings. The molecule has 0 aliphatic heterocycles. The van der Waals surface area contributed by atoms with Crippen molar-refractivity contribution in [3.8, 4) is 22.8 Å². The molecule has 1 unspecified atom stereocenters. The minimum absolute atomic E-state index is 0.138. The van der Waals surface area contributed by atoms with Gasteiger partial charge in [-0.05, 0) is 48.9 Å². The summed E-state index contributed by atoms with van der Waals surface area (Å²) in [6.45, 7) is 2.34. The van der Waals surface area contributed by atoms with Crippen molar-refractivity contribution < 1.29 is 9.84 Å². The van der Waals surface area contributed by atoms with Crippen LogP contribution < -0.4 is 10.5 Å². The number of pyridine rings is 2. The minimum Gasteiger partial charge on any atom is -0.493 e. The van der Waals surface area contributed by atoms with Gasteiger partial charge in [-0.15, -0.1) is 0 Å². The molecule has 0 radical (unpaired) electrons. The van der Waals surface area contributed by atoms with E-state index in [9.17, 15) is 5.11 Å². The first-order valence-electron chi connectivity index (χ1n) is 11.2. The monoisotopic (exact) mass is 451 g/mol. The highest BCUT2D eigenvalue weighted by molar-refractivity contribution is 5.90. The van der Waals surface area contributed by atoms with Crippen molar-refractivity contribution in [3.05, 3.63) is 102 Å². The summed E-state index contributed by atoms with van der Waals surface area (Å²) < 4.78 is 7.71. The van der Waals surface area contributed by atoms with Crippen LogP contribution in [0.2, 0.25) is 0 Å². The van der Waals surface area contributed by atoms with E-state index in [0.29, 0.717) is 18.1 Å². The van der Waals surface area contributed by atoms with Gasteiger partial charge in [0.25, 0.3) is 0 Å². The molecular weight excluding hydrogens is 426 g/mol. The van der Waals surface area contributed by atoms with Gasteiger partial charge in [0.15, 0.2) is 5.82 Å². The van der Waals surface area contributed by atoms with E-state index in [1.54, 1.807) is 16.9 Å². The van der Waals surface area contributed by atoms with Gasteiger partial charge in [0, 0.05) is 5.56 Å². The Kier molecular flexibility index (Phi) is 6.03. The molecule has 0 saturated heterocycles. The van der Waals surface area contributed by atoms with E-state index in [1.165, 1.54) is 0 Å². The summed E-state index contributed by atoms with van der Waals surface area (Å²) in [5, 5.41) is 14.9. The van der Waals surface area contributed by atoms with E-state index >= 15 is 0 Å². The first-order valence-corrected chi connectivity index (χ1v) is 11.2. The van der Waals surface area contributed by atoms with Crippen LogP contribution in [0.3, 0.4) is 0 Å². The lowest BCUT2D eigenvalue weighted by Gasteiger charge is -2.14. The number of aromatic nitrogens is 4. The summed E-state index contributed by atoms with van der Waals surface area (Å²) in [4.78, 5) is 9.39. The van der Waals surface area contributed by atoms with Crippen LogP contribution in [-0.2, 0) is 6.61 Å². The highest BCUT2D eigenvalue weighted by Crippen LogP contribution is 2.33. The number of rotatable bonds is 7. The van der Waals surface area contributed by atoms with E-state index in [0.717, 1.165) is 39.2 Å². The number of aliphatic hydroxyl groups is 1. The average Bonchev–Trinajstić information content (AvgIpc) is 3.33. The van der Waals surface area contributed by atoms with Gasteiger partial charge >= 0.3 is 0 Å². The molecule has 0 aliphatic rings. The molecule has 170 valence electrons. The van der Waals surface area contributed by atoms with E-state index in [4.69, 9.17) is 15.5 Å². The van der Waals surface area contributed by atoms with Crippen molar-refractivity contribution in [1.82, 2.24) is 19.7 Å². The molecule has 0 saturated carbocycles. The molecule has 2 aromatic carbocycles. The summed E-state index contributed by atoms with van der Waals surface area (Å²) in [5.74, 6) is 1.34. The third-order valence-electron chi connectivity index (χ3n) is 5.67. The number of nitrogens with zero attached hydrogens (tertiary/aromatic N) is 4. The lowest BCUT2D eigenvalue weighted by Crippen LogP contribution is -2.13. The van der Waals surface area contributed by atoms with Gasteiger partial charge < -0.3 is 15.6 Å². The minimum atomic E-state index is -0.327. The number of nitrogens with two attached hydrogens (primary N) is 1. The molecule has 5 rings (SSSR count). The van der Waals surface area contributed by atoms with Gasteiger partial charge in [-0.2, -0.15) is 5.10 Å². The molecule has 0 bridgehead atoms. The quantitative estimate of drug-likeness (QED) is 0.380. The fourth-order valence-electron chi connectivity index (χ4n) is 3.99. The Bertz CT molecular complexity index is 1430. The van der Waals surface area contributed by atoms with E-state index in [-0.39, 0.29) is 12.6 Å². The maximum absolute atomic E-state index is 9.50. The van der Waals surface area contributed by atoms with Gasteiger partial charge in [-0.3, -0.25) is 4.98 Å². The predicted molar refractivity (Wildman–Crippen MR) is 132 cm³/mol. The number of hydrogen-bond acceptors (Lipinski definition) is 6. The lowest BCUT2D eigenvalue weighted by atomic mass is 10.0. The van der Waals surface area contributed by atoms with Gasteiger partial charge in [0.2, 0.25) is 0 Å². The van der Waals surface area contributed by atoms with Gasteiger partial charge in [-0.1, -0.05) is 42.5 Å². The SMILES string of the molecule is CCOc1cc(-c2cccc(C(N)c3ccccc3)n2)cc2c1cnn2-c1cccc(CO)n1. The Hall–Kier alpha value is -4.07. The van der Waals surface area contributed by atoms with E-state index in [2.05, 4.69) is 10.1 Å². The first kappa shape index (κ1) is 21.8. The maximum atomic E-state index is 9.50. The predicted octanol–water partition coefficient (Wildman–Crippen LogP) is 4.42. The summed E-state index contributed by atoms with van der Waals surface area (Å²) in [6.07, 6.45) is 1.77. The summed E-state index contributed by atoms with van der Waals surface area (Å²) in [6, 6.07) is 25.0. The van der Waals surface area contributed by atoms with Crippen LogP contribution in [0.5, 0.6) is 5.75 Å². The third-order valence-corrected chi connectivity index (χ3v) is 5.67. The van der Waals surface area contributed by atoms with E-state index < -0.39 is 0 Å². The highest BCUT2D eigenvalue weighted by Gasteiger charge is 2.16. The fraction of sp³-hybridized carbons (Fsp3) is 0.148. The Morgan fingerprint density at radius 1 is 0.971 bits per heavy atom. The zero-order chi connectivity index (χ0) is 23.5. The smallest absolute Gasteiger partial charge is 0.154 e. The van der Waals surface area contributed by atoms with Crippen LogP contribution in [0.1, 0.15) is 29.9 Å². The Labute approximate surface area is 197 Å². The number of hydrogen-bond donors (Lipinski definition) is 2. The topological polar surface area (TPSA) is 99.1 Å². The van der Waals surface area contributed by atoms with Gasteiger partial charge in [0.05, 0.1) is 53.4 Å². The second-order valence-electron chi connectivity index (χ2n) is 7.88. The Balaban J connectivity index is 1.63. The van der Waals surface area contributed by atoms with Crippen molar-refractivity contribution in [2.24, 2.45) is 5.73 Å². The molecule has 1 atom stereocenters. The molecule has 0 aliphatic carbocycles. The Morgan fingerprint density at radius 2 is 1.79 bits per heavy atom.